The number of hydrogen-bond acceptors (Lipinski definition) is 3. The summed E-state index contributed by atoms with van der Waals surface area (Å²) in [5.41, 5.74) is 1.11. The maximum absolute atomic E-state index is 12.4. The van der Waals surface area contributed by atoms with Crippen molar-refractivity contribution >= 4 is 17.5 Å². The van der Waals surface area contributed by atoms with Crippen molar-refractivity contribution in [3.63, 3.8) is 0 Å². The van der Waals surface area contributed by atoms with Crippen molar-refractivity contribution in [2.75, 3.05) is 33.2 Å². The standard InChI is InChI=1S/C19H30ClN3O/c1-3-18(16-4-6-17(20)7-5-16)22-19(24)14-23-12-9-15(10-13-23)8-11-21-2/h4-7,15,18,21H,3,8-14H2,1-2H3,(H,22,24). The van der Waals surface area contributed by atoms with E-state index in [1.165, 1.54) is 19.3 Å². The zero-order valence-corrected chi connectivity index (χ0v) is 15.6. The van der Waals surface area contributed by atoms with E-state index in [4.69, 9.17) is 11.6 Å². The molecule has 0 spiro atoms. The van der Waals surface area contributed by atoms with Crippen molar-refractivity contribution in [3.05, 3.63) is 34.9 Å². The van der Waals surface area contributed by atoms with E-state index in [1.54, 1.807) is 0 Å². The molecule has 4 nitrogen and oxygen atoms in total. The lowest BCUT2D eigenvalue weighted by Crippen LogP contribution is -2.42. The zero-order chi connectivity index (χ0) is 17.4. The predicted molar refractivity (Wildman–Crippen MR) is 100 cm³/mol. The number of likely N-dealkylation sites (tertiary alicyclic amines) is 1. The second-order valence-electron chi connectivity index (χ2n) is 6.69. The van der Waals surface area contributed by atoms with Crippen LogP contribution in [0.25, 0.3) is 0 Å². The van der Waals surface area contributed by atoms with E-state index >= 15 is 0 Å². The van der Waals surface area contributed by atoms with E-state index < -0.39 is 0 Å². The second kappa shape index (κ2) is 10.0. The van der Waals surface area contributed by atoms with Gasteiger partial charge in [-0.2, -0.15) is 0 Å². The molecule has 1 atom stereocenters. The number of piperidine rings is 1. The minimum Gasteiger partial charge on any atom is -0.348 e. The summed E-state index contributed by atoms with van der Waals surface area (Å²) in [5, 5.41) is 7.10. The molecule has 0 radical (unpaired) electrons. The SMILES string of the molecule is CCC(NC(=O)CN1CCC(CCNC)CC1)c1ccc(Cl)cc1. The second-order valence-corrected chi connectivity index (χ2v) is 7.13. The van der Waals surface area contributed by atoms with E-state index in [9.17, 15) is 4.79 Å². The lowest BCUT2D eigenvalue weighted by molar-refractivity contribution is -0.123. The van der Waals surface area contributed by atoms with Gasteiger partial charge in [-0.05, 0) is 76.0 Å². The van der Waals surface area contributed by atoms with Crippen LogP contribution in [0.1, 0.15) is 44.2 Å². The first kappa shape index (κ1) is 19.2. The molecular weight excluding hydrogens is 322 g/mol. The van der Waals surface area contributed by atoms with Gasteiger partial charge in [-0.3, -0.25) is 9.69 Å². The number of nitrogens with zero attached hydrogens (tertiary/aromatic N) is 1. The summed E-state index contributed by atoms with van der Waals surface area (Å²) >= 11 is 5.94. The first-order valence-electron chi connectivity index (χ1n) is 9.04. The van der Waals surface area contributed by atoms with E-state index in [0.717, 1.165) is 42.6 Å². The van der Waals surface area contributed by atoms with Gasteiger partial charge in [-0.1, -0.05) is 30.7 Å². The van der Waals surface area contributed by atoms with E-state index in [0.29, 0.717) is 6.54 Å². The molecule has 1 aliphatic heterocycles. The van der Waals surface area contributed by atoms with Gasteiger partial charge < -0.3 is 10.6 Å². The lowest BCUT2D eigenvalue weighted by Gasteiger charge is -2.32. The maximum atomic E-state index is 12.4. The average molecular weight is 352 g/mol. The highest BCUT2D eigenvalue weighted by atomic mass is 35.5. The third-order valence-electron chi connectivity index (χ3n) is 4.89. The largest absolute Gasteiger partial charge is 0.348 e. The highest BCUT2D eigenvalue weighted by molar-refractivity contribution is 6.30. The molecule has 1 unspecified atom stereocenters. The fourth-order valence-corrected chi connectivity index (χ4v) is 3.47. The highest BCUT2D eigenvalue weighted by Crippen LogP contribution is 2.21. The average Bonchev–Trinajstić information content (AvgIpc) is 2.60. The first-order chi connectivity index (χ1) is 11.6. The number of hydrogen-bond donors (Lipinski definition) is 2. The van der Waals surface area contributed by atoms with Crippen LogP contribution in [0, 0.1) is 5.92 Å². The number of nitrogens with one attached hydrogen (secondary N) is 2. The molecule has 2 N–H and O–H groups in total. The summed E-state index contributed by atoms with van der Waals surface area (Å²) in [6.45, 7) is 5.74. The Kier molecular flexibility index (Phi) is 8.03. The highest BCUT2D eigenvalue weighted by Gasteiger charge is 2.21. The molecule has 1 fully saturated rings. The van der Waals surface area contributed by atoms with Crippen molar-refractivity contribution in [3.8, 4) is 0 Å². The Balaban J connectivity index is 1.77. The van der Waals surface area contributed by atoms with Crippen LogP contribution in [-0.2, 0) is 4.79 Å². The molecule has 1 aromatic carbocycles. The molecule has 5 heteroatoms. The van der Waals surface area contributed by atoms with E-state index in [-0.39, 0.29) is 11.9 Å². The van der Waals surface area contributed by atoms with E-state index in [2.05, 4.69) is 22.5 Å². The van der Waals surface area contributed by atoms with Gasteiger partial charge in [-0.25, -0.2) is 0 Å². The molecule has 0 bridgehead atoms. The molecule has 0 saturated carbocycles. The first-order valence-corrected chi connectivity index (χ1v) is 9.42. The zero-order valence-electron chi connectivity index (χ0n) is 14.9. The lowest BCUT2D eigenvalue weighted by atomic mass is 9.93. The summed E-state index contributed by atoms with van der Waals surface area (Å²) in [5.74, 6) is 0.916. The number of halogens is 1. The molecule has 1 aliphatic rings. The van der Waals surface area contributed by atoms with Gasteiger partial charge in [0.2, 0.25) is 5.91 Å². The summed E-state index contributed by atoms with van der Waals surface area (Å²) in [6.07, 6.45) is 4.51. The third-order valence-corrected chi connectivity index (χ3v) is 5.14. The third kappa shape index (κ3) is 6.08. The number of benzene rings is 1. The number of amides is 1. The molecule has 0 aliphatic carbocycles. The molecule has 2 rings (SSSR count). The molecule has 1 heterocycles. The monoisotopic (exact) mass is 351 g/mol. The van der Waals surface area contributed by atoms with Gasteiger partial charge in [-0.15, -0.1) is 0 Å². The van der Waals surface area contributed by atoms with Gasteiger partial charge in [0.1, 0.15) is 0 Å². The number of carbonyl (C=O) groups excluding carboxylic acids is 1. The quantitative estimate of drug-likeness (QED) is 0.755. The fraction of sp³-hybridized carbons (Fsp3) is 0.632. The molecule has 1 amide bonds. The molecule has 1 aromatic rings. The molecule has 0 aromatic heterocycles. The minimum atomic E-state index is 0.0583. The van der Waals surface area contributed by atoms with Gasteiger partial charge >= 0.3 is 0 Å². The fourth-order valence-electron chi connectivity index (χ4n) is 3.34. The van der Waals surface area contributed by atoms with Crippen LogP contribution in [0.3, 0.4) is 0 Å². The summed E-state index contributed by atoms with van der Waals surface area (Å²) in [7, 11) is 2.00. The Labute approximate surface area is 150 Å². The predicted octanol–water partition coefficient (Wildman–Crippen LogP) is 3.23. The molecule has 24 heavy (non-hydrogen) atoms. The van der Waals surface area contributed by atoms with Crippen molar-refractivity contribution in [2.45, 2.75) is 38.6 Å². The van der Waals surface area contributed by atoms with Crippen LogP contribution < -0.4 is 10.6 Å². The van der Waals surface area contributed by atoms with Crippen molar-refractivity contribution < 1.29 is 4.79 Å². The summed E-state index contributed by atoms with van der Waals surface area (Å²) < 4.78 is 0. The van der Waals surface area contributed by atoms with Crippen LogP contribution in [0.4, 0.5) is 0 Å². The molecule has 1 saturated heterocycles. The molecular formula is C19H30ClN3O. The van der Waals surface area contributed by atoms with Crippen LogP contribution >= 0.6 is 11.6 Å². The topological polar surface area (TPSA) is 44.4 Å². The Bertz CT molecular complexity index is 498. The van der Waals surface area contributed by atoms with Crippen LogP contribution in [0.2, 0.25) is 5.02 Å². The normalized spacial score (nSPS) is 17.6. The summed E-state index contributed by atoms with van der Waals surface area (Å²) in [4.78, 5) is 14.7. The number of rotatable bonds is 8. The molecule has 134 valence electrons. The number of carbonyl (C=O) groups is 1. The van der Waals surface area contributed by atoms with Gasteiger partial charge in [0.15, 0.2) is 0 Å². The summed E-state index contributed by atoms with van der Waals surface area (Å²) in [6, 6.07) is 7.79. The van der Waals surface area contributed by atoms with Crippen LogP contribution in [0.15, 0.2) is 24.3 Å². The Morgan fingerprint density at radius 2 is 1.96 bits per heavy atom. The minimum absolute atomic E-state index is 0.0583. The van der Waals surface area contributed by atoms with Crippen molar-refractivity contribution in [2.24, 2.45) is 5.92 Å². The smallest absolute Gasteiger partial charge is 0.234 e. The van der Waals surface area contributed by atoms with E-state index in [1.807, 2.05) is 31.3 Å². The Hall–Kier alpha value is -1.10. The van der Waals surface area contributed by atoms with Crippen LogP contribution in [0.5, 0.6) is 0 Å². The van der Waals surface area contributed by atoms with Crippen LogP contribution in [-0.4, -0.2) is 44.0 Å². The Morgan fingerprint density at radius 1 is 1.29 bits per heavy atom. The Morgan fingerprint density at radius 3 is 2.54 bits per heavy atom. The van der Waals surface area contributed by atoms with Gasteiger partial charge in [0.25, 0.3) is 0 Å². The van der Waals surface area contributed by atoms with Crippen molar-refractivity contribution in [1.29, 1.82) is 0 Å². The van der Waals surface area contributed by atoms with Gasteiger partial charge in [0, 0.05) is 5.02 Å². The van der Waals surface area contributed by atoms with Gasteiger partial charge in [0.05, 0.1) is 12.6 Å². The van der Waals surface area contributed by atoms with Crippen molar-refractivity contribution in [1.82, 2.24) is 15.5 Å². The maximum Gasteiger partial charge on any atom is 0.234 e.